The van der Waals surface area contributed by atoms with Crippen LogP contribution < -0.4 is 25.4 Å². The van der Waals surface area contributed by atoms with Crippen molar-refractivity contribution in [1.29, 1.82) is 0 Å². The van der Waals surface area contributed by atoms with Crippen molar-refractivity contribution in [2.24, 2.45) is 0 Å². The van der Waals surface area contributed by atoms with E-state index < -0.39 is 0 Å². The van der Waals surface area contributed by atoms with Crippen molar-refractivity contribution < 1.29 is 19.1 Å². The summed E-state index contributed by atoms with van der Waals surface area (Å²) in [6.07, 6.45) is 0.679. The van der Waals surface area contributed by atoms with Gasteiger partial charge in [0.05, 0.1) is 20.8 Å². The summed E-state index contributed by atoms with van der Waals surface area (Å²) < 4.78 is 10.5. The second-order valence-corrected chi connectivity index (χ2v) is 6.08. The van der Waals surface area contributed by atoms with Crippen molar-refractivity contribution in [2.75, 3.05) is 39.2 Å². The molecular formula is C21H27N3O4. The van der Waals surface area contributed by atoms with Crippen LogP contribution in [0.15, 0.2) is 42.5 Å². The number of carbonyl (C=O) groups excluding carboxylic acids is 2. The van der Waals surface area contributed by atoms with Crippen LogP contribution in [0.1, 0.15) is 22.8 Å². The number of nitrogens with one attached hydrogen (secondary N) is 3. The Morgan fingerprint density at radius 3 is 2.46 bits per heavy atom. The average molecular weight is 385 g/mol. The van der Waals surface area contributed by atoms with E-state index in [1.807, 2.05) is 31.2 Å². The molecule has 0 saturated carbocycles. The minimum atomic E-state index is -0.134. The van der Waals surface area contributed by atoms with E-state index in [0.717, 1.165) is 11.3 Å². The Labute approximate surface area is 165 Å². The van der Waals surface area contributed by atoms with Crippen molar-refractivity contribution in [1.82, 2.24) is 10.6 Å². The summed E-state index contributed by atoms with van der Waals surface area (Å²) >= 11 is 0. The van der Waals surface area contributed by atoms with Crippen molar-refractivity contribution >= 4 is 17.5 Å². The topological polar surface area (TPSA) is 88.7 Å². The van der Waals surface area contributed by atoms with Crippen LogP contribution in [-0.4, -0.2) is 45.7 Å². The number of hydrogen-bond acceptors (Lipinski definition) is 5. The Hall–Kier alpha value is -3.22. The standard InChI is InChI=1S/C21H27N3O4/c1-4-22-21(26)16-6-5-7-17(13-16)24-14-20(25)23-11-10-15-8-9-18(27-2)19(12-15)28-3/h5-9,12-13,24H,4,10-11,14H2,1-3H3,(H,22,26)(H,23,25). The number of benzene rings is 2. The number of hydrogen-bond donors (Lipinski definition) is 3. The van der Waals surface area contributed by atoms with Gasteiger partial charge in [0.15, 0.2) is 11.5 Å². The molecule has 0 fully saturated rings. The second kappa shape index (κ2) is 10.8. The Bertz CT molecular complexity index is 808. The minimum absolute atomic E-state index is 0.121. The molecule has 0 atom stereocenters. The maximum Gasteiger partial charge on any atom is 0.251 e. The maximum atomic E-state index is 12.1. The van der Waals surface area contributed by atoms with Gasteiger partial charge in [0.25, 0.3) is 5.91 Å². The molecule has 7 nitrogen and oxygen atoms in total. The van der Waals surface area contributed by atoms with E-state index in [0.29, 0.717) is 36.6 Å². The lowest BCUT2D eigenvalue weighted by Gasteiger charge is -2.11. The van der Waals surface area contributed by atoms with E-state index in [4.69, 9.17) is 9.47 Å². The first-order valence-electron chi connectivity index (χ1n) is 9.17. The van der Waals surface area contributed by atoms with Gasteiger partial charge in [-0.15, -0.1) is 0 Å². The number of carbonyl (C=O) groups is 2. The van der Waals surface area contributed by atoms with Crippen molar-refractivity contribution in [3.8, 4) is 11.5 Å². The molecule has 150 valence electrons. The number of rotatable bonds is 10. The van der Waals surface area contributed by atoms with E-state index in [1.54, 1.807) is 32.4 Å². The molecule has 28 heavy (non-hydrogen) atoms. The fourth-order valence-corrected chi connectivity index (χ4v) is 2.66. The number of methoxy groups -OCH3 is 2. The number of anilines is 1. The molecule has 2 aromatic carbocycles. The predicted octanol–water partition coefficient (Wildman–Crippen LogP) is 2.22. The minimum Gasteiger partial charge on any atom is -0.493 e. The molecular weight excluding hydrogens is 358 g/mol. The van der Waals surface area contributed by atoms with Crippen LogP contribution in [0.3, 0.4) is 0 Å². The van der Waals surface area contributed by atoms with Gasteiger partial charge >= 0.3 is 0 Å². The summed E-state index contributed by atoms with van der Waals surface area (Å²) in [7, 11) is 3.19. The molecule has 0 saturated heterocycles. The summed E-state index contributed by atoms with van der Waals surface area (Å²) in [6, 6.07) is 12.7. The summed E-state index contributed by atoms with van der Waals surface area (Å²) in [6.45, 7) is 3.07. The molecule has 0 unspecified atom stereocenters. The zero-order valence-electron chi connectivity index (χ0n) is 16.5. The lowest BCUT2D eigenvalue weighted by molar-refractivity contribution is -0.119. The first kappa shape index (κ1) is 21.1. The van der Waals surface area contributed by atoms with Crippen LogP contribution in [0, 0.1) is 0 Å². The van der Waals surface area contributed by atoms with Gasteiger partial charge in [0, 0.05) is 24.3 Å². The predicted molar refractivity (Wildman–Crippen MR) is 109 cm³/mol. The van der Waals surface area contributed by atoms with Crippen LogP contribution in [-0.2, 0) is 11.2 Å². The fraction of sp³-hybridized carbons (Fsp3) is 0.333. The van der Waals surface area contributed by atoms with Gasteiger partial charge in [0.1, 0.15) is 0 Å². The normalized spacial score (nSPS) is 10.1. The lowest BCUT2D eigenvalue weighted by atomic mass is 10.1. The Morgan fingerprint density at radius 2 is 1.75 bits per heavy atom. The van der Waals surface area contributed by atoms with Gasteiger partial charge < -0.3 is 25.4 Å². The van der Waals surface area contributed by atoms with Gasteiger partial charge in [-0.25, -0.2) is 0 Å². The van der Waals surface area contributed by atoms with Crippen LogP contribution in [0.4, 0.5) is 5.69 Å². The molecule has 3 N–H and O–H groups in total. The SMILES string of the molecule is CCNC(=O)c1cccc(NCC(=O)NCCc2ccc(OC)c(OC)c2)c1. The molecule has 0 heterocycles. The van der Waals surface area contributed by atoms with E-state index in [-0.39, 0.29) is 18.4 Å². The van der Waals surface area contributed by atoms with E-state index in [9.17, 15) is 9.59 Å². The third-order valence-electron chi connectivity index (χ3n) is 4.10. The molecule has 0 aliphatic heterocycles. The molecule has 2 aromatic rings. The molecule has 0 aromatic heterocycles. The number of amides is 2. The molecule has 0 aliphatic rings. The zero-order chi connectivity index (χ0) is 20.4. The van der Waals surface area contributed by atoms with Crippen molar-refractivity contribution in [3.05, 3.63) is 53.6 Å². The highest BCUT2D eigenvalue weighted by Gasteiger charge is 2.07. The van der Waals surface area contributed by atoms with E-state index in [2.05, 4.69) is 16.0 Å². The summed E-state index contributed by atoms with van der Waals surface area (Å²) in [4.78, 5) is 23.9. The molecule has 2 rings (SSSR count). The van der Waals surface area contributed by atoms with Crippen LogP contribution in [0.25, 0.3) is 0 Å². The molecule has 0 aliphatic carbocycles. The smallest absolute Gasteiger partial charge is 0.251 e. The number of ether oxygens (including phenoxy) is 2. The molecule has 0 spiro atoms. The van der Waals surface area contributed by atoms with Gasteiger partial charge in [-0.2, -0.15) is 0 Å². The Kier molecular flexibility index (Phi) is 8.14. The highest BCUT2D eigenvalue weighted by molar-refractivity contribution is 5.95. The summed E-state index contributed by atoms with van der Waals surface area (Å²) in [5, 5.41) is 8.66. The third-order valence-corrected chi connectivity index (χ3v) is 4.10. The van der Waals surface area contributed by atoms with Gasteiger partial charge in [-0.05, 0) is 49.2 Å². The summed E-state index contributed by atoms with van der Waals surface area (Å²) in [5.74, 6) is 1.09. The second-order valence-electron chi connectivity index (χ2n) is 6.08. The van der Waals surface area contributed by atoms with Crippen molar-refractivity contribution in [3.63, 3.8) is 0 Å². The monoisotopic (exact) mass is 385 g/mol. The Morgan fingerprint density at radius 1 is 0.964 bits per heavy atom. The first-order chi connectivity index (χ1) is 13.6. The molecule has 2 amide bonds. The molecule has 0 bridgehead atoms. The van der Waals surface area contributed by atoms with Gasteiger partial charge in [0.2, 0.25) is 5.91 Å². The lowest BCUT2D eigenvalue weighted by Crippen LogP contribution is -2.31. The van der Waals surface area contributed by atoms with Crippen LogP contribution >= 0.6 is 0 Å². The Balaban J connectivity index is 1.79. The quantitative estimate of drug-likeness (QED) is 0.584. The maximum absolute atomic E-state index is 12.1. The van der Waals surface area contributed by atoms with Crippen molar-refractivity contribution in [2.45, 2.75) is 13.3 Å². The van der Waals surface area contributed by atoms with E-state index >= 15 is 0 Å². The van der Waals surface area contributed by atoms with Crippen LogP contribution in [0.5, 0.6) is 11.5 Å². The summed E-state index contributed by atoms with van der Waals surface area (Å²) in [5.41, 5.74) is 2.32. The third kappa shape index (κ3) is 6.19. The highest BCUT2D eigenvalue weighted by atomic mass is 16.5. The average Bonchev–Trinajstić information content (AvgIpc) is 2.72. The van der Waals surface area contributed by atoms with Gasteiger partial charge in [-0.3, -0.25) is 9.59 Å². The molecule has 0 radical (unpaired) electrons. The highest BCUT2D eigenvalue weighted by Crippen LogP contribution is 2.27. The van der Waals surface area contributed by atoms with Crippen LogP contribution in [0.2, 0.25) is 0 Å². The molecule has 7 heteroatoms. The first-order valence-corrected chi connectivity index (χ1v) is 9.17. The zero-order valence-corrected chi connectivity index (χ0v) is 16.5. The fourth-order valence-electron chi connectivity index (χ4n) is 2.66. The largest absolute Gasteiger partial charge is 0.493 e. The van der Waals surface area contributed by atoms with E-state index in [1.165, 1.54) is 0 Å². The van der Waals surface area contributed by atoms with Gasteiger partial charge in [-0.1, -0.05) is 12.1 Å².